The van der Waals surface area contributed by atoms with Gasteiger partial charge in [-0.25, -0.2) is 0 Å². The SMILES string of the molecule is O=P(O)(O)C(CO)P(=O)(O)O.[BaH2]. The summed E-state index contributed by atoms with van der Waals surface area (Å²) in [4.78, 5) is 33.1. The van der Waals surface area contributed by atoms with Crippen molar-refractivity contribution < 1.29 is 33.8 Å². The van der Waals surface area contributed by atoms with Gasteiger partial charge in [0, 0.05) is 0 Å². The molecule has 0 fully saturated rings. The monoisotopic (exact) mass is 346 g/mol. The Labute approximate surface area is 109 Å². The summed E-state index contributed by atoms with van der Waals surface area (Å²) in [6, 6.07) is 0. The molecule has 0 rings (SSSR count). The quantitative estimate of drug-likeness (QED) is 0.288. The molecule has 0 saturated carbocycles. The van der Waals surface area contributed by atoms with Crippen LogP contribution in [0, 0.1) is 0 Å². The van der Waals surface area contributed by atoms with E-state index in [1.807, 2.05) is 0 Å². The Morgan fingerprint density at radius 1 is 1.00 bits per heavy atom. The van der Waals surface area contributed by atoms with Crippen molar-refractivity contribution in [3.8, 4) is 0 Å². The van der Waals surface area contributed by atoms with Crippen molar-refractivity contribution >= 4 is 64.1 Å². The van der Waals surface area contributed by atoms with Gasteiger partial charge in [0.25, 0.3) is 0 Å². The summed E-state index contributed by atoms with van der Waals surface area (Å²) in [5, 5.41) is 5.92. The molecule has 10 heteroatoms. The zero-order valence-corrected chi connectivity index (χ0v) is 7.02. The summed E-state index contributed by atoms with van der Waals surface area (Å²) in [6.07, 6.45) is 0. The molecule has 0 aliphatic rings. The van der Waals surface area contributed by atoms with Gasteiger partial charge in [0.05, 0.1) is 6.61 Å². The van der Waals surface area contributed by atoms with Crippen LogP contribution in [0.4, 0.5) is 0 Å². The van der Waals surface area contributed by atoms with E-state index in [0.717, 1.165) is 0 Å². The average Bonchev–Trinajstić information content (AvgIpc) is 1.56. The third-order valence-corrected chi connectivity index (χ3v) is 4.62. The van der Waals surface area contributed by atoms with Crippen LogP contribution in [0.5, 0.6) is 0 Å². The van der Waals surface area contributed by atoms with Crippen LogP contribution in [0.3, 0.4) is 0 Å². The van der Waals surface area contributed by atoms with E-state index >= 15 is 0 Å². The molecule has 5 N–H and O–H groups in total. The Morgan fingerprint density at radius 2 is 1.25 bits per heavy atom. The van der Waals surface area contributed by atoms with Crippen LogP contribution in [0.15, 0.2) is 0 Å². The Balaban J connectivity index is 0. The number of hydrogen-bond donors (Lipinski definition) is 5. The van der Waals surface area contributed by atoms with Gasteiger partial charge in [0.15, 0.2) is 5.40 Å². The topological polar surface area (TPSA) is 135 Å². The summed E-state index contributed by atoms with van der Waals surface area (Å²) < 4.78 is 20.5. The van der Waals surface area contributed by atoms with Crippen LogP contribution in [0.1, 0.15) is 0 Å². The summed E-state index contributed by atoms with van der Waals surface area (Å²) in [5.74, 6) is 0. The van der Waals surface area contributed by atoms with Gasteiger partial charge in [-0.2, -0.15) is 0 Å². The van der Waals surface area contributed by atoms with Gasteiger partial charge in [-0.05, 0) is 0 Å². The van der Waals surface area contributed by atoms with E-state index in [9.17, 15) is 9.13 Å². The van der Waals surface area contributed by atoms with Crippen molar-refractivity contribution in [2.75, 3.05) is 6.61 Å². The van der Waals surface area contributed by atoms with Crippen molar-refractivity contribution in [3.05, 3.63) is 0 Å². The predicted octanol–water partition coefficient (Wildman–Crippen LogP) is -2.26. The van der Waals surface area contributed by atoms with Crippen molar-refractivity contribution in [1.29, 1.82) is 0 Å². The first-order valence-corrected chi connectivity index (χ1v) is 5.77. The number of hydrogen-bond acceptors (Lipinski definition) is 3. The van der Waals surface area contributed by atoms with E-state index in [-0.39, 0.29) is 48.9 Å². The predicted molar refractivity (Wildman–Crippen MR) is 43.5 cm³/mol. The summed E-state index contributed by atoms with van der Waals surface area (Å²) >= 11 is 0. The second-order valence-electron chi connectivity index (χ2n) is 1.84. The first-order chi connectivity index (χ1) is 4.69. The number of rotatable bonds is 3. The average molecular weight is 345 g/mol. The third-order valence-electron chi connectivity index (χ3n) is 0.940. The van der Waals surface area contributed by atoms with Crippen molar-refractivity contribution in [3.63, 3.8) is 0 Å². The minimum absolute atomic E-state index is 0. The van der Waals surface area contributed by atoms with E-state index in [2.05, 4.69) is 0 Å². The maximum atomic E-state index is 10.3. The van der Waals surface area contributed by atoms with E-state index < -0.39 is 27.2 Å². The summed E-state index contributed by atoms with van der Waals surface area (Å²) in [6.45, 7) is -1.24. The molecule has 0 unspecified atom stereocenters. The van der Waals surface area contributed by atoms with Crippen molar-refractivity contribution in [2.24, 2.45) is 0 Å². The second-order valence-corrected chi connectivity index (χ2v) is 5.85. The molecular weight excluding hydrogens is 335 g/mol. The third kappa shape index (κ3) is 5.54. The van der Waals surface area contributed by atoms with Crippen LogP contribution < -0.4 is 0 Å². The molecule has 12 heavy (non-hydrogen) atoms. The Morgan fingerprint density at radius 3 is 1.25 bits per heavy atom. The molecule has 0 aliphatic heterocycles. The van der Waals surface area contributed by atoms with Gasteiger partial charge in [-0.15, -0.1) is 0 Å². The van der Waals surface area contributed by atoms with E-state index in [0.29, 0.717) is 0 Å². The molecule has 0 amide bonds. The number of aliphatic hydroxyl groups is 1. The molecular formula is C2H10BaO7P2. The molecule has 0 aromatic rings. The fraction of sp³-hybridized carbons (Fsp3) is 1.00. The second kappa shape index (κ2) is 5.65. The first kappa shape index (κ1) is 16.3. The molecule has 0 aromatic carbocycles. The molecule has 72 valence electrons. The molecule has 0 saturated heterocycles. The fourth-order valence-electron chi connectivity index (χ4n) is 0.409. The molecule has 0 bridgehead atoms. The van der Waals surface area contributed by atoms with Gasteiger partial charge < -0.3 is 24.7 Å². The molecule has 0 spiro atoms. The van der Waals surface area contributed by atoms with Gasteiger partial charge in [0.1, 0.15) is 0 Å². The zero-order valence-electron chi connectivity index (χ0n) is 5.23. The fourth-order valence-corrected chi connectivity index (χ4v) is 2.40. The molecule has 0 aliphatic carbocycles. The summed E-state index contributed by atoms with van der Waals surface area (Å²) in [5.41, 5.74) is 0. The summed E-state index contributed by atoms with van der Waals surface area (Å²) in [7, 11) is -9.82. The number of aliphatic hydroxyl groups excluding tert-OH is 1. The van der Waals surface area contributed by atoms with Crippen molar-refractivity contribution in [1.82, 2.24) is 0 Å². The van der Waals surface area contributed by atoms with Crippen LogP contribution in [-0.2, 0) is 9.13 Å². The van der Waals surface area contributed by atoms with E-state index in [4.69, 9.17) is 24.7 Å². The Kier molecular flexibility index (Phi) is 7.66. The molecule has 0 heterocycles. The molecule has 0 radical (unpaired) electrons. The van der Waals surface area contributed by atoms with Crippen LogP contribution in [0.25, 0.3) is 0 Å². The van der Waals surface area contributed by atoms with E-state index in [1.165, 1.54) is 0 Å². The standard InChI is InChI=1S/C2H8O7P2.Ba.2H/c3-1-2(10(4,5)6)11(7,8)9;;;/h2-3H,1H2,(H2,4,5,6)(H2,7,8,9);;;. The van der Waals surface area contributed by atoms with Crippen LogP contribution in [0.2, 0.25) is 0 Å². The van der Waals surface area contributed by atoms with Gasteiger partial charge in [-0.1, -0.05) is 0 Å². The molecule has 0 aromatic heterocycles. The maximum absolute atomic E-state index is 10.3. The Hall–Kier alpha value is 1.83. The van der Waals surface area contributed by atoms with Gasteiger partial charge in [-0.3, -0.25) is 9.13 Å². The zero-order chi connectivity index (χ0) is 9.28. The van der Waals surface area contributed by atoms with Gasteiger partial charge >= 0.3 is 64.1 Å². The van der Waals surface area contributed by atoms with E-state index in [1.54, 1.807) is 0 Å². The molecule has 0 atom stereocenters. The normalized spacial score (nSPS) is 12.8. The van der Waals surface area contributed by atoms with Crippen molar-refractivity contribution in [2.45, 2.75) is 5.40 Å². The Bertz CT molecular complexity index is 193. The minimum atomic E-state index is -4.91. The molecule has 7 nitrogen and oxygen atoms in total. The van der Waals surface area contributed by atoms with Crippen LogP contribution in [-0.4, -0.2) is 85.6 Å². The van der Waals surface area contributed by atoms with Gasteiger partial charge in [0.2, 0.25) is 0 Å². The van der Waals surface area contributed by atoms with Crippen LogP contribution >= 0.6 is 15.2 Å². The first-order valence-electron chi connectivity index (χ1n) is 2.41.